The normalized spacial score (nSPS) is 10.0. The molecule has 0 bridgehead atoms. The number of hydrogen-bond acceptors (Lipinski definition) is 3. The number of carbonyl (C=O) groups is 2. The van der Waals surface area contributed by atoms with Gasteiger partial charge in [0.1, 0.15) is 5.82 Å². The van der Waals surface area contributed by atoms with Crippen molar-refractivity contribution in [1.82, 2.24) is 0 Å². The van der Waals surface area contributed by atoms with Crippen LogP contribution in [0.2, 0.25) is 0 Å². The zero-order valence-electron chi connectivity index (χ0n) is 9.40. The summed E-state index contributed by atoms with van der Waals surface area (Å²) in [6.07, 6.45) is -0.0417. The van der Waals surface area contributed by atoms with Crippen LogP contribution in [0.1, 0.15) is 29.3 Å². The first kappa shape index (κ1) is 13.2. The van der Waals surface area contributed by atoms with Gasteiger partial charge in [0, 0.05) is 6.42 Å². The van der Waals surface area contributed by atoms with E-state index in [2.05, 4.69) is 0 Å². The molecule has 1 N–H and O–H groups in total. The van der Waals surface area contributed by atoms with E-state index < -0.39 is 17.8 Å². The van der Waals surface area contributed by atoms with Crippen molar-refractivity contribution in [2.45, 2.75) is 19.8 Å². The van der Waals surface area contributed by atoms with Crippen LogP contribution >= 0.6 is 0 Å². The lowest BCUT2D eigenvalue weighted by Crippen LogP contribution is -2.06. The number of hydrogen-bond donors (Lipinski definition) is 1. The van der Waals surface area contributed by atoms with E-state index in [4.69, 9.17) is 9.84 Å². The second-order valence-corrected chi connectivity index (χ2v) is 3.42. The predicted octanol–water partition coefficient (Wildman–Crippen LogP) is 2.02. The number of carboxylic acids is 1. The van der Waals surface area contributed by atoms with Crippen LogP contribution in [0.15, 0.2) is 18.2 Å². The van der Waals surface area contributed by atoms with Gasteiger partial charge in [0.15, 0.2) is 0 Å². The van der Waals surface area contributed by atoms with Crippen molar-refractivity contribution in [2.75, 3.05) is 6.61 Å². The maximum Gasteiger partial charge on any atom is 0.338 e. The van der Waals surface area contributed by atoms with Crippen molar-refractivity contribution in [3.8, 4) is 0 Å². The van der Waals surface area contributed by atoms with Crippen LogP contribution in [0.25, 0.3) is 0 Å². The van der Waals surface area contributed by atoms with Crippen molar-refractivity contribution >= 4 is 11.9 Å². The van der Waals surface area contributed by atoms with Gasteiger partial charge in [-0.05, 0) is 31.0 Å². The molecule has 0 radical (unpaired) electrons. The maximum atomic E-state index is 13.5. The Morgan fingerprint density at radius 2 is 2.12 bits per heavy atom. The monoisotopic (exact) mass is 240 g/mol. The van der Waals surface area contributed by atoms with Crippen LogP contribution in [0.4, 0.5) is 4.39 Å². The molecular weight excluding hydrogens is 227 g/mol. The van der Waals surface area contributed by atoms with Gasteiger partial charge in [-0.15, -0.1) is 0 Å². The first-order chi connectivity index (χ1) is 8.04. The molecule has 1 aromatic carbocycles. The highest BCUT2D eigenvalue weighted by molar-refractivity contribution is 5.89. The standard InChI is InChI=1S/C12H13FO4/c1-2-17-12(16)9-4-3-8(10(13)7-9)5-6-11(14)15/h3-4,7H,2,5-6H2,1H3,(H,14,15). The van der Waals surface area contributed by atoms with Crippen molar-refractivity contribution in [2.24, 2.45) is 0 Å². The van der Waals surface area contributed by atoms with Crippen molar-refractivity contribution < 1.29 is 23.8 Å². The van der Waals surface area contributed by atoms with Crippen LogP contribution in [0.3, 0.4) is 0 Å². The number of benzene rings is 1. The Balaban J connectivity index is 2.78. The Labute approximate surface area is 98.0 Å². The summed E-state index contributed by atoms with van der Waals surface area (Å²) in [5.74, 6) is -2.16. The van der Waals surface area contributed by atoms with E-state index in [-0.39, 0.29) is 30.6 Å². The summed E-state index contributed by atoms with van der Waals surface area (Å²) in [7, 11) is 0. The molecule has 1 aromatic rings. The third-order valence-corrected chi connectivity index (χ3v) is 2.17. The van der Waals surface area contributed by atoms with Crippen molar-refractivity contribution in [1.29, 1.82) is 0 Å². The number of ether oxygens (including phenoxy) is 1. The van der Waals surface area contributed by atoms with E-state index in [0.717, 1.165) is 6.07 Å². The molecule has 0 aliphatic rings. The quantitative estimate of drug-likeness (QED) is 0.800. The molecule has 0 atom stereocenters. The van der Waals surface area contributed by atoms with Crippen LogP contribution in [-0.2, 0) is 16.0 Å². The second kappa shape index (κ2) is 5.98. The average molecular weight is 240 g/mol. The third-order valence-electron chi connectivity index (χ3n) is 2.17. The van der Waals surface area contributed by atoms with E-state index >= 15 is 0 Å². The molecule has 0 saturated heterocycles. The Hall–Kier alpha value is -1.91. The molecule has 0 aromatic heterocycles. The molecule has 0 unspecified atom stereocenters. The molecule has 92 valence electrons. The minimum atomic E-state index is -0.987. The number of aliphatic carboxylic acids is 1. The van der Waals surface area contributed by atoms with Crippen molar-refractivity contribution in [3.63, 3.8) is 0 Å². The van der Waals surface area contributed by atoms with Crippen LogP contribution in [0.5, 0.6) is 0 Å². The number of halogens is 1. The van der Waals surface area contributed by atoms with Crippen molar-refractivity contribution in [3.05, 3.63) is 35.1 Å². The van der Waals surface area contributed by atoms with E-state index in [0.29, 0.717) is 0 Å². The molecule has 0 heterocycles. The molecule has 0 aliphatic carbocycles. The van der Waals surface area contributed by atoms with Gasteiger partial charge < -0.3 is 9.84 Å². The van der Waals surface area contributed by atoms with Gasteiger partial charge in [-0.1, -0.05) is 6.07 Å². The van der Waals surface area contributed by atoms with E-state index in [1.54, 1.807) is 6.92 Å². The maximum absolute atomic E-state index is 13.5. The first-order valence-corrected chi connectivity index (χ1v) is 5.22. The third kappa shape index (κ3) is 3.86. The Morgan fingerprint density at radius 3 is 2.65 bits per heavy atom. The minimum absolute atomic E-state index is 0.101. The first-order valence-electron chi connectivity index (χ1n) is 5.22. The number of aryl methyl sites for hydroxylation is 1. The predicted molar refractivity (Wildman–Crippen MR) is 58.3 cm³/mol. The fourth-order valence-corrected chi connectivity index (χ4v) is 1.33. The SMILES string of the molecule is CCOC(=O)c1ccc(CCC(=O)O)c(F)c1. The number of rotatable bonds is 5. The summed E-state index contributed by atoms with van der Waals surface area (Å²) in [5.41, 5.74) is 0.406. The van der Waals surface area contributed by atoms with Gasteiger partial charge in [-0.25, -0.2) is 9.18 Å². The van der Waals surface area contributed by atoms with Gasteiger partial charge in [0.25, 0.3) is 0 Å². The topological polar surface area (TPSA) is 63.6 Å². The molecule has 0 aliphatic heterocycles. The molecule has 17 heavy (non-hydrogen) atoms. The number of carboxylic acid groups (broad SMARTS) is 1. The van der Waals surface area contributed by atoms with Crippen LogP contribution in [0, 0.1) is 5.82 Å². The zero-order chi connectivity index (χ0) is 12.8. The molecule has 4 nitrogen and oxygen atoms in total. The number of carbonyl (C=O) groups excluding carboxylic acids is 1. The van der Waals surface area contributed by atoms with Gasteiger partial charge in [0.05, 0.1) is 12.2 Å². The summed E-state index contributed by atoms with van der Waals surface area (Å²) >= 11 is 0. The molecule has 5 heteroatoms. The lowest BCUT2D eigenvalue weighted by atomic mass is 10.1. The Kier molecular flexibility index (Phi) is 4.63. The molecule has 1 rings (SSSR count). The summed E-state index contributed by atoms with van der Waals surface area (Å²) in [4.78, 5) is 21.6. The lowest BCUT2D eigenvalue weighted by molar-refractivity contribution is -0.136. The average Bonchev–Trinajstić information content (AvgIpc) is 2.27. The molecule has 0 fully saturated rings. The van der Waals surface area contributed by atoms with Crippen LogP contribution < -0.4 is 0 Å². The summed E-state index contributed by atoms with van der Waals surface area (Å²) in [5, 5.41) is 8.48. The van der Waals surface area contributed by atoms with Gasteiger partial charge in [-0.2, -0.15) is 0 Å². The highest BCUT2D eigenvalue weighted by atomic mass is 19.1. The van der Waals surface area contributed by atoms with E-state index in [9.17, 15) is 14.0 Å². The molecule has 0 saturated carbocycles. The smallest absolute Gasteiger partial charge is 0.338 e. The Morgan fingerprint density at radius 1 is 1.41 bits per heavy atom. The van der Waals surface area contributed by atoms with Gasteiger partial charge in [-0.3, -0.25) is 4.79 Å². The number of esters is 1. The highest BCUT2D eigenvalue weighted by Gasteiger charge is 2.11. The van der Waals surface area contributed by atoms with Gasteiger partial charge in [0.2, 0.25) is 0 Å². The summed E-state index contributed by atoms with van der Waals surface area (Å²) in [6.45, 7) is 1.89. The second-order valence-electron chi connectivity index (χ2n) is 3.42. The molecule has 0 amide bonds. The largest absolute Gasteiger partial charge is 0.481 e. The fraction of sp³-hybridized carbons (Fsp3) is 0.333. The Bertz CT molecular complexity index is 429. The van der Waals surface area contributed by atoms with E-state index in [1.807, 2.05) is 0 Å². The molecule has 0 spiro atoms. The summed E-state index contributed by atoms with van der Waals surface area (Å²) in [6, 6.07) is 3.90. The van der Waals surface area contributed by atoms with Gasteiger partial charge >= 0.3 is 11.9 Å². The summed E-state index contributed by atoms with van der Waals surface area (Å²) < 4.78 is 18.2. The minimum Gasteiger partial charge on any atom is -0.481 e. The van der Waals surface area contributed by atoms with Crippen LogP contribution in [-0.4, -0.2) is 23.7 Å². The zero-order valence-corrected chi connectivity index (χ0v) is 9.40. The molecular formula is C12H13FO4. The highest BCUT2D eigenvalue weighted by Crippen LogP contribution is 2.13. The lowest BCUT2D eigenvalue weighted by Gasteiger charge is -2.05. The fourth-order valence-electron chi connectivity index (χ4n) is 1.33. The van der Waals surface area contributed by atoms with E-state index in [1.165, 1.54) is 12.1 Å².